The highest BCUT2D eigenvalue weighted by Crippen LogP contribution is 2.35. The van der Waals surface area contributed by atoms with Gasteiger partial charge < -0.3 is 24.5 Å². The SMILES string of the molecule is COc1cc(CN2C=C(CNC(=O)/C=C/CN(C)C)CN2C)cc2onc(NS(=O)(=O)CC3CCCCC3)c12. The highest BCUT2D eigenvalue weighted by atomic mass is 32.2. The number of methoxy groups -OCH3 is 1. The second kappa shape index (κ2) is 12.8. The Labute approximate surface area is 230 Å². The molecular weight excluding hydrogens is 520 g/mol. The Morgan fingerprint density at radius 1 is 1.26 bits per heavy atom. The summed E-state index contributed by atoms with van der Waals surface area (Å²) in [5.74, 6) is 0.780. The summed E-state index contributed by atoms with van der Waals surface area (Å²) in [7, 11) is 3.85. The molecule has 1 aliphatic carbocycles. The van der Waals surface area contributed by atoms with Gasteiger partial charge in [0, 0.05) is 39.0 Å². The van der Waals surface area contributed by atoms with E-state index in [2.05, 4.69) is 20.2 Å². The van der Waals surface area contributed by atoms with Crippen LogP contribution in [0.25, 0.3) is 11.0 Å². The van der Waals surface area contributed by atoms with Gasteiger partial charge in [-0.2, -0.15) is 0 Å². The van der Waals surface area contributed by atoms with Gasteiger partial charge in [0.15, 0.2) is 11.4 Å². The van der Waals surface area contributed by atoms with E-state index in [0.29, 0.717) is 42.9 Å². The van der Waals surface area contributed by atoms with Crippen LogP contribution in [0.4, 0.5) is 5.82 Å². The van der Waals surface area contributed by atoms with E-state index in [9.17, 15) is 13.2 Å². The highest BCUT2D eigenvalue weighted by Gasteiger charge is 2.25. The summed E-state index contributed by atoms with van der Waals surface area (Å²) in [5.41, 5.74) is 2.43. The topological polar surface area (TPSA) is 120 Å². The number of carbonyl (C=O) groups excluding carboxylic acids is 1. The molecule has 0 atom stereocenters. The number of nitrogens with one attached hydrogen (secondary N) is 2. The van der Waals surface area contributed by atoms with Crippen LogP contribution in [0.15, 0.2) is 40.6 Å². The molecule has 12 heteroatoms. The minimum absolute atomic E-state index is 0.0878. The molecule has 0 bridgehead atoms. The normalized spacial score (nSPS) is 17.4. The molecule has 0 radical (unpaired) electrons. The van der Waals surface area contributed by atoms with E-state index in [1.807, 2.05) is 55.5 Å². The third kappa shape index (κ3) is 7.96. The lowest BCUT2D eigenvalue weighted by Crippen LogP contribution is -2.31. The maximum absolute atomic E-state index is 12.9. The van der Waals surface area contributed by atoms with Gasteiger partial charge in [-0.15, -0.1) is 0 Å². The van der Waals surface area contributed by atoms with Gasteiger partial charge in [0.25, 0.3) is 0 Å². The van der Waals surface area contributed by atoms with Crippen molar-refractivity contribution in [1.29, 1.82) is 0 Å². The lowest BCUT2D eigenvalue weighted by molar-refractivity contribution is -0.116. The van der Waals surface area contributed by atoms with Crippen LogP contribution < -0.4 is 14.8 Å². The maximum Gasteiger partial charge on any atom is 0.243 e. The summed E-state index contributed by atoms with van der Waals surface area (Å²) < 4.78 is 39.5. The fourth-order valence-corrected chi connectivity index (χ4v) is 6.56. The van der Waals surface area contributed by atoms with Crippen LogP contribution in [-0.4, -0.2) is 88.0 Å². The van der Waals surface area contributed by atoms with Crippen molar-refractivity contribution in [2.24, 2.45) is 5.92 Å². The number of hydrogen-bond donors (Lipinski definition) is 2. The number of likely N-dealkylation sites (N-methyl/N-ethyl adjacent to an activating group) is 2. The summed E-state index contributed by atoms with van der Waals surface area (Å²) in [4.78, 5) is 14.1. The van der Waals surface area contributed by atoms with Crippen molar-refractivity contribution < 1.29 is 22.5 Å². The number of rotatable bonds is 12. The lowest BCUT2D eigenvalue weighted by atomic mass is 9.91. The molecule has 214 valence electrons. The van der Waals surface area contributed by atoms with Crippen molar-refractivity contribution in [3.8, 4) is 5.75 Å². The number of hydrogen-bond acceptors (Lipinski definition) is 9. The number of carbonyl (C=O) groups is 1. The van der Waals surface area contributed by atoms with Gasteiger partial charge in [0.1, 0.15) is 11.1 Å². The fourth-order valence-electron chi connectivity index (χ4n) is 5.09. The Bertz CT molecular complexity index is 1310. The summed E-state index contributed by atoms with van der Waals surface area (Å²) in [6.45, 7) is 2.39. The minimum atomic E-state index is -3.57. The van der Waals surface area contributed by atoms with Crippen LogP contribution in [0.2, 0.25) is 0 Å². The first-order valence-electron chi connectivity index (χ1n) is 13.4. The molecular formula is C27H40N6O5S. The molecule has 1 fully saturated rings. The Kier molecular flexibility index (Phi) is 9.52. The van der Waals surface area contributed by atoms with Crippen LogP contribution in [0.5, 0.6) is 5.75 Å². The first-order valence-corrected chi connectivity index (χ1v) is 15.0. The van der Waals surface area contributed by atoms with Gasteiger partial charge in [0.2, 0.25) is 15.9 Å². The molecule has 1 aromatic heterocycles. The second-order valence-corrected chi connectivity index (χ2v) is 12.4. The van der Waals surface area contributed by atoms with Gasteiger partial charge in [-0.25, -0.2) is 13.4 Å². The van der Waals surface area contributed by atoms with E-state index < -0.39 is 10.0 Å². The molecule has 1 amide bonds. The number of sulfonamides is 1. The van der Waals surface area contributed by atoms with Gasteiger partial charge >= 0.3 is 0 Å². The zero-order chi connectivity index (χ0) is 28.0. The van der Waals surface area contributed by atoms with Crippen molar-refractivity contribution in [3.05, 3.63) is 41.6 Å². The Balaban J connectivity index is 1.42. The Morgan fingerprint density at radius 2 is 2.03 bits per heavy atom. The van der Waals surface area contributed by atoms with Gasteiger partial charge in [0.05, 0.1) is 19.4 Å². The van der Waals surface area contributed by atoms with Crippen LogP contribution in [-0.2, 0) is 21.4 Å². The summed E-state index contributed by atoms with van der Waals surface area (Å²) in [5, 5.41) is 11.6. The van der Waals surface area contributed by atoms with Gasteiger partial charge in [-0.3, -0.25) is 9.52 Å². The molecule has 4 rings (SSSR count). The van der Waals surface area contributed by atoms with Crippen LogP contribution >= 0.6 is 0 Å². The first-order chi connectivity index (χ1) is 18.6. The number of amides is 1. The zero-order valence-electron chi connectivity index (χ0n) is 23.3. The van der Waals surface area contributed by atoms with Crippen LogP contribution in [0.1, 0.15) is 37.7 Å². The van der Waals surface area contributed by atoms with Crippen molar-refractivity contribution in [2.75, 3.05) is 58.4 Å². The average Bonchev–Trinajstić information content (AvgIpc) is 3.44. The van der Waals surface area contributed by atoms with E-state index in [1.165, 1.54) is 6.42 Å². The molecule has 2 aromatic rings. The second-order valence-electron chi connectivity index (χ2n) is 10.7. The molecule has 2 heterocycles. The summed E-state index contributed by atoms with van der Waals surface area (Å²) in [6, 6.07) is 3.72. The zero-order valence-corrected chi connectivity index (χ0v) is 24.1. The van der Waals surface area contributed by atoms with Gasteiger partial charge in [-0.05, 0) is 56.1 Å². The largest absolute Gasteiger partial charge is 0.496 e. The van der Waals surface area contributed by atoms with Crippen molar-refractivity contribution in [2.45, 2.75) is 38.6 Å². The fraction of sp³-hybridized carbons (Fsp3) is 0.556. The molecule has 1 aromatic carbocycles. The smallest absolute Gasteiger partial charge is 0.243 e. The molecule has 1 saturated carbocycles. The van der Waals surface area contributed by atoms with E-state index in [0.717, 1.165) is 36.8 Å². The van der Waals surface area contributed by atoms with Crippen LogP contribution in [0, 0.1) is 5.92 Å². The van der Waals surface area contributed by atoms with E-state index in [-0.39, 0.29) is 23.4 Å². The molecule has 39 heavy (non-hydrogen) atoms. The number of ether oxygens (including phenoxy) is 1. The minimum Gasteiger partial charge on any atom is -0.496 e. The number of fused-ring (bicyclic) bond motifs is 1. The van der Waals surface area contributed by atoms with E-state index >= 15 is 0 Å². The predicted octanol–water partition coefficient (Wildman–Crippen LogP) is 2.94. The molecule has 0 saturated heterocycles. The lowest BCUT2D eigenvalue weighted by Gasteiger charge is -2.25. The quantitative estimate of drug-likeness (QED) is 0.378. The third-order valence-corrected chi connectivity index (χ3v) is 8.44. The van der Waals surface area contributed by atoms with Crippen molar-refractivity contribution in [1.82, 2.24) is 25.4 Å². The number of nitrogens with zero attached hydrogens (tertiary/aromatic N) is 4. The first kappa shape index (κ1) is 28.9. The Hall–Kier alpha value is -3.09. The molecule has 11 nitrogen and oxygen atoms in total. The average molecular weight is 561 g/mol. The number of aromatic nitrogens is 1. The molecule has 0 unspecified atom stereocenters. The monoisotopic (exact) mass is 560 g/mol. The van der Waals surface area contributed by atoms with Crippen LogP contribution in [0.3, 0.4) is 0 Å². The highest BCUT2D eigenvalue weighted by molar-refractivity contribution is 7.92. The molecule has 2 aliphatic rings. The maximum atomic E-state index is 12.9. The standard InChI is InChI=1S/C27H40N6O5S/c1-31(2)12-8-11-25(34)28-15-22-16-32(3)33(18-22)17-21-13-23(37-4)26-24(14-21)38-29-27(26)30-39(35,36)19-20-9-6-5-7-10-20/h8,11,13-14,18,20H,5-7,9-10,12,15-17,19H2,1-4H3,(H,28,34)(H,29,30)/b11-8+. The summed E-state index contributed by atoms with van der Waals surface area (Å²) >= 11 is 0. The molecule has 2 N–H and O–H groups in total. The molecule has 1 aliphatic heterocycles. The predicted molar refractivity (Wildman–Crippen MR) is 152 cm³/mol. The molecule has 0 spiro atoms. The van der Waals surface area contributed by atoms with E-state index in [4.69, 9.17) is 9.26 Å². The van der Waals surface area contributed by atoms with Gasteiger partial charge in [-0.1, -0.05) is 30.5 Å². The van der Waals surface area contributed by atoms with E-state index in [1.54, 1.807) is 13.2 Å². The van der Waals surface area contributed by atoms with Crippen molar-refractivity contribution >= 4 is 32.7 Å². The Morgan fingerprint density at radius 3 is 2.74 bits per heavy atom. The van der Waals surface area contributed by atoms with Crippen molar-refractivity contribution in [3.63, 3.8) is 0 Å². The summed E-state index contributed by atoms with van der Waals surface area (Å²) in [6.07, 6.45) is 10.6. The number of anilines is 1. The number of hydrazine groups is 1. The third-order valence-electron chi connectivity index (χ3n) is 7.03. The number of benzene rings is 1.